The van der Waals surface area contributed by atoms with Gasteiger partial charge in [-0.15, -0.1) is 11.8 Å². The first-order chi connectivity index (χ1) is 6.59. The van der Waals surface area contributed by atoms with E-state index < -0.39 is 0 Å². The van der Waals surface area contributed by atoms with E-state index in [1.165, 1.54) is 11.8 Å². The lowest BCUT2D eigenvalue weighted by molar-refractivity contribution is -0.113. The molecule has 2 rings (SSSR count). The highest BCUT2D eigenvalue weighted by Gasteiger charge is 2.20. The van der Waals surface area contributed by atoms with E-state index in [1.54, 1.807) is 0 Å². The molecule has 0 fully saturated rings. The van der Waals surface area contributed by atoms with Gasteiger partial charge in [0.1, 0.15) is 0 Å². The molecule has 1 aliphatic rings. The molecule has 0 saturated carbocycles. The van der Waals surface area contributed by atoms with E-state index in [0.717, 1.165) is 10.5 Å². The standard InChI is InChI=1S/C9H7Cl2NOS/c1-4-5(10)2-6-9(8(4)11)12-7(13)3-14-6/h2H,3H2,1H3,(H,12,13). The van der Waals surface area contributed by atoms with E-state index in [9.17, 15) is 4.79 Å². The Morgan fingerprint density at radius 1 is 1.50 bits per heavy atom. The van der Waals surface area contributed by atoms with E-state index in [0.29, 0.717) is 21.5 Å². The predicted octanol–water partition coefficient (Wildman–Crippen LogP) is 3.35. The van der Waals surface area contributed by atoms with Crippen molar-refractivity contribution in [3.05, 3.63) is 21.7 Å². The van der Waals surface area contributed by atoms with Crippen molar-refractivity contribution in [2.75, 3.05) is 11.1 Å². The molecule has 1 aromatic carbocycles. The molecule has 14 heavy (non-hydrogen) atoms. The summed E-state index contributed by atoms with van der Waals surface area (Å²) in [6.07, 6.45) is 0. The van der Waals surface area contributed by atoms with Crippen molar-refractivity contribution < 1.29 is 4.79 Å². The van der Waals surface area contributed by atoms with Gasteiger partial charge >= 0.3 is 0 Å². The molecule has 0 bridgehead atoms. The van der Waals surface area contributed by atoms with Crippen LogP contribution in [0, 0.1) is 6.92 Å². The average molecular weight is 248 g/mol. The van der Waals surface area contributed by atoms with Crippen molar-refractivity contribution in [1.29, 1.82) is 0 Å². The first-order valence-electron chi connectivity index (χ1n) is 4.01. The Bertz CT molecular complexity index is 420. The van der Waals surface area contributed by atoms with Crippen LogP contribution in [0.3, 0.4) is 0 Å². The fourth-order valence-corrected chi connectivity index (χ4v) is 2.73. The van der Waals surface area contributed by atoms with Crippen LogP contribution in [-0.4, -0.2) is 11.7 Å². The van der Waals surface area contributed by atoms with Crippen LogP contribution >= 0.6 is 35.0 Å². The highest BCUT2D eigenvalue weighted by atomic mass is 35.5. The number of benzene rings is 1. The van der Waals surface area contributed by atoms with Crippen molar-refractivity contribution in [3.63, 3.8) is 0 Å². The summed E-state index contributed by atoms with van der Waals surface area (Å²) in [5.74, 6) is 0.397. The molecule has 5 heteroatoms. The summed E-state index contributed by atoms with van der Waals surface area (Å²) < 4.78 is 0. The lowest BCUT2D eigenvalue weighted by Crippen LogP contribution is -2.19. The fourth-order valence-electron chi connectivity index (χ4n) is 1.25. The highest BCUT2D eigenvalue weighted by molar-refractivity contribution is 8.00. The third-order valence-electron chi connectivity index (χ3n) is 2.03. The molecular weight excluding hydrogens is 241 g/mol. The Hall–Kier alpha value is -0.380. The number of thioether (sulfide) groups is 1. The number of anilines is 1. The molecule has 2 nitrogen and oxygen atoms in total. The summed E-state index contributed by atoms with van der Waals surface area (Å²) in [5.41, 5.74) is 1.49. The van der Waals surface area contributed by atoms with Crippen LogP contribution in [0.1, 0.15) is 5.56 Å². The van der Waals surface area contributed by atoms with E-state index in [4.69, 9.17) is 23.2 Å². The number of hydrogen-bond acceptors (Lipinski definition) is 2. The molecular formula is C9H7Cl2NOS. The summed E-state index contributed by atoms with van der Waals surface area (Å²) >= 11 is 13.5. The SMILES string of the molecule is Cc1c(Cl)cc2c(c1Cl)NC(=O)CS2. The summed E-state index contributed by atoms with van der Waals surface area (Å²) in [6, 6.07) is 1.84. The van der Waals surface area contributed by atoms with Gasteiger partial charge in [-0.3, -0.25) is 4.79 Å². The molecule has 0 radical (unpaired) electrons. The number of carbonyl (C=O) groups excluding carboxylic acids is 1. The van der Waals surface area contributed by atoms with Gasteiger partial charge in [-0.2, -0.15) is 0 Å². The van der Waals surface area contributed by atoms with Gasteiger partial charge in [-0.05, 0) is 18.6 Å². The lowest BCUT2D eigenvalue weighted by Gasteiger charge is -2.19. The Morgan fingerprint density at radius 3 is 2.93 bits per heavy atom. The zero-order valence-corrected chi connectivity index (χ0v) is 9.69. The molecule has 0 saturated heterocycles. The number of amides is 1. The van der Waals surface area contributed by atoms with Gasteiger partial charge in [0.15, 0.2) is 0 Å². The van der Waals surface area contributed by atoms with Crippen LogP contribution in [0.5, 0.6) is 0 Å². The number of rotatable bonds is 0. The Morgan fingerprint density at radius 2 is 2.21 bits per heavy atom. The molecule has 1 amide bonds. The van der Waals surface area contributed by atoms with E-state index in [2.05, 4.69) is 5.32 Å². The maximum atomic E-state index is 11.2. The lowest BCUT2D eigenvalue weighted by atomic mass is 10.2. The second-order valence-corrected chi connectivity index (χ2v) is 4.81. The van der Waals surface area contributed by atoms with Crippen LogP contribution < -0.4 is 5.32 Å². The molecule has 0 atom stereocenters. The van der Waals surface area contributed by atoms with Gasteiger partial charge in [0.25, 0.3) is 0 Å². The Labute approximate surface area is 96.0 Å². The third-order valence-corrected chi connectivity index (χ3v) is 3.94. The molecule has 0 unspecified atom stereocenters. The minimum absolute atomic E-state index is 0.0221. The van der Waals surface area contributed by atoms with Crippen LogP contribution in [0.4, 0.5) is 5.69 Å². The molecule has 0 aromatic heterocycles. The Kier molecular flexibility index (Phi) is 2.64. The minimum atomic E-state index is -0.0221. The van der Waals surface area contributed by atoms with E-state index >= 15 is 0 Å². The van der Waals surface area contributed by atoms with Crippen LogP contribution in [0.15, 0.2) is 11.0 Å². The summed E-state index contributed by atoms with van der Waals surface area (Å²) in [7, 11) is 0. The minimum Gasteiger partial charge on any atom is -0.323 e. The highest BCUT2D eigenvalue weighted by Crippen LogP contribution is 2.41. The predicted molar refractivity (Wildman–Crippen MR) is 60.6 cm³/mol. The summed E-state index contributed by atoms with van der Waals surface area (Å²) in [5, 5.41) is 3.92. The quantitative estimate of drug-likeness (QED) is 0.762. The van der Waals surface area contributed by atoms with Gasteiger partial charge in [0.05, 0.1) is 16.5 Å². The van der Waals surface area contributed by atoms with Gasteiger partial charge in [-0.25, -0.2) is 0 Å². The van der Waals surface area contributed by atoms with Crippen LogP contribution in [0.25, 0.3) is 0 Å². The second kappa shape index (κ2) is 3.65. The van der Waals surface area contributed by atoms with E-state index in [-0.39, 0.29) is 5.91 Å². The third kappa shape index (κ3) is 1.60. The molecule has 1 aromatic rings. The van der Waals surface area contributed by atoms with Crippen molar-refractivity contribution in [3.8, 4) is 0 Å². The van der Waals surface area contributed by atoms with Gasteiger partial charge in [-0.1, -0.05) is 23.2 Å². The summed E-state index contributed by atoms with van der Waals surface area (Å²) in [6.45, 7) is 1.83. The molecule has 0 spiro atoms. The van der Waals surface area contributed by atoms with Crippen molar-refractivity contribution in [2.24, 2.45) is 0 Å². The van der Waals surface area contributed by atoms with Gasteiger partial charge < -0.3 is 5.32 Å². The van der Waals surface area contributed by atoms with Crippen LogP contribution in [0.2, 0.25) is 10.0 Å². The largest absolute Gasteiger partial charge is 0.323 e. The smallest absolute Gasteiger partial charge is 0.234 e. The normalized spacial score (nSPS) is 14.9. The fraction of sp³-hybridized carbons (Fsp3) is 0.222. The zero-order chi connectivity index (χ0) is 10.3. The molecule has 74 valence electrons. The molecule has 1 heterocycles. The zero-order valence-electron chi connectivity index (χ0n) is 7.36. The Balaban J connectivity index is 2.60. The van der Waals surface area contributed by atoms with Crippen molar-refractivity contribution in [2.45, 2.75) is 11.8 Å². The van der Waals surface area contributed by atoms with E-state index in [1.807, 2.05) is 13.0 Å². The maximum absolute atomic E-state index is 11.2. The van der Waals surface area contributed by atoms with Crippen molar-refractivity contribution >= 4 is 46.6 Å². The van der Waals surface area contributed by atoms with Crippen molar-refractivity contribution in [1.82, 2.24) is 0 Å². The number of fused-ring (bicyclic) bond motifs is 1. The molecule has 1 aliphatic heterocycles. The van der Waals surface area contributed by atoms with Gasteiger partial charge in [0.2, 0.25) is 5.91 Å². The first-order valence-corrected chi connectivity index (χ1v) is 5.75. The van der Waals surface area contributed by atoms with Crippen LogP contribution in [-0.2, 0) is 4.79 Å². The second-order valence-electron chi connectivity index (χ2n) is 3.01. The number of hydrogen-bond donors (Lipinski definition) is 1. The first kappa shape index (κ1) is 10.1. The number of halogens is 2. The number of nitrogens with one attached hydrogen (secondary N) is 1. The maximum Gasteiger partial charge on any atom is 0.234 e. The molecule has 1 N–H and O–H groups in total. The topological polar surface area (TPSA) is 29.1 Å². The van der Waals surface area contributed by atoms with Gasteiger partial charge in [0, 0.05) is 9.92 Å². The summed E-state index contributed by atoms with van der Waals surface area (Å²) in [4.78, 5) is 12.1. The monoisotopic (exact) mass is 247 g/mol. The molecule has 0 aliphatic carbocycles. The average Bonchev–Trinajstić information content (AvgIpc) is 2.16. The number of carbonyl (C=O) groups is 1.